The van der Waals surface area contributed by atoms with Crippen LogP contribution in [-0.4, -0.2) is 19.4 Å². The summed E-state index contributed by atoms with van der Waals surface area (Å²) in [5.41, 5.74) is 0. The van der Waals surface area contributed by atoms with Crippen LogP contribution in [0.25, 0.3) is 0 Å². The van der Waals surface area contributed by atoms with Gasteiger partial charge in [0.1, 0.15) is 0 Å². The molecule has 0 saturated heterocycles. The van der Waals surface area contributed by atoms with Crippen molar-refractivity contribution in [2.75, 3.05) is 13.2 Å². The van der Waals surface area contributed by atoms with Gasteiger partial charge in [0.05, 0.1) is 13.2 Å². The molecule has 92 valence electrons. The SMILES string of the molecule is CCOC(=O)OCC1CC2CC1C(C)C2C. The van der Waals surface area contributed by atoms with Crippen LogP contribution < -0.4 is 0 Å². The molecule has 5 unspecified atom stereocenters. The summed E-state index contributed by atoms with van der Waals surface area (Å²) >= 11 is 0. The summed E-state index contributed by atoms with van der Waals surface area (Å²) in [5.74, 6) is 3.82. The molecule has 2 fully saturated rings. The number of hydrogen-bond donors (Lipinski definition) is 0. The molecule has 3 heteroatoms. The second-order valence-electron chi connectivity index (χ2n) is 5.37. The van der Waals surface area contributed by atoms with E-state index in [0.717, 1.165) is 23.7 Å². The maximum atomic E-state index is 11.1. The van der Waals surface area contributed by atoms with Gasteiger partial charge in [-0.2, -0.15) is 0 Å². The van der Waals surface area contributed by atoms with Gasteiger partial charge in [0, 0.05) is 0 Å². The van der Waals surface area contributed by atoms with Crippen LogP contribution in [-0.2, 0) is 9.47 Å². The molecule has 0 heterocycles. The lowest BCUT2D eigenvalue weighted by molar-refractivity contribution is 0.0319. The molecule has 0 amide bonds. The second kappa shape index (κ2) is 4.64. The zero-order valence-corrected chi connectivity index (χ0v) is 10.4. The van der Waals surface area contributed by atoms with Gasteiger partial charge in [0.25, 0.3) is 0 Å². The van der Waals surface area contributed by atoms with Crippen LogP contribution in [0.5, 0.6) is 0 Å². The van der Waals surface area contributed by atoms with Crippen LogP contribution in [0.1, 0.15) is 33.6 Å². The van der Waals surface area contributed by atoms with E-state index < -0.39 is 6.16 Å². The molecule has 0 aromatic rings. The van der Waals surface area contributed by atoms with Crippen LogP contribution in [0.2, 0.25) is 0 Å². The van der Waals surface area contributed by atoms with Gasteiger partial charge in [0.15, 0.2) is 0 Å². The third-order valence-electron chi connectivity index (χ3n) is 4.71. The smallest absolute Gasteiger partial charge is 0.435 e. The molecule has 0 aliphatic heterocycles. The Morgan fingerprint density at radius 2 is 1.94 bits per heavy atom. The molecule has 16 heavy (non-hydrogen) atoms. The molecule has 2 saturated carbocycles. The normalized spacial score (nSPS) is 41.1. The van der Waals surface area contributed by atoms with Gasteiger partial charge in [-0.15, -0.1) is 0 Å². The maximum absolute atomic E-state index is 11.1. The zero-order valence-electron chi connectivity index (χ0n) is 10.4. The quantitative estimate of drug-likeness (QED) is 0.694. The van der Waals surface area contributed by atoms with Crippen LogP contribution in [0.4, 0.5) is 4.79 Å². The van der Waals surface area contributed by atoms with E-state index >= 15 is 0 Å². The van der Waals surface area contributed by atoms with Gasteiger partial charge in [-0.3, -0.25) is 0 Å². The molecule has 2 rings (SSSR count). The van der Waals surface area contributed by atoms with Crippen molar-refractivity contribution < 1.29 is 14.3 Å². The first-order chi connectivity index (χ1) is 7.63. The van der Waals surface area contributed by atoms with E-state index in [1.165, 1.54) is 12.8 Å². The number of fused-ring (bicyclic) bond motifs is 2. The number of carbonyl (C=O) groups excluding carboxylic acids is 1. The van der Waals surface area contributed by atoms with Crippen molar-refractivity contribution in [1.82, 2.24) is 0 Å². The lowest BCUT2D eigenvalue weighted by Crippen LogP contribution is -2.28. The van der Waals surface area contributed by atoms with Gasteiger partial charge in [-0.1, -0.05) is 13.8 Å². The second-order valence-corrected chi connectivity index (χ2v) is 5.37. The maximum Gasteiger partial charge on any atom is 0.508 e. The molecular weight excluding hydrogens is 204 g/mol. The first kappa shape index (κ1) is 11.7. The van der Waals surface area contributed by atoms with Crippen molar-refractivity contribution in [1.29, 1.82) is 0 Å². The average Bonchev–Trinajstić information content (AvgIpc) is 2.78. The largest absolute Gasteiger partial charge is 0.508 e. The van der Waals surface area contributed by atoms with E-state index in [9.17, 15) is 4.79 Å². The number of hydrogen-bond acceptors (Lipinski definition) is 3. The van der Waals surface area contributed by atoms with E-state index in [1.54, 1.807) is 6.92 Å². The highest BCUT2D eigenvalue weighted by atomic mass is 16.7. The highest BCUT2D eigenvalue weighted by molar-refractivity contribution is 5.59. The van der Waals surface area contributed by atoms with E-state index in [1.807, 2.05) is 0 Å². The molecule has 2 aliphatic rings. The van der Waals surface area contributed by atoms with Crippen molar-refractivity contribution in [3.8, 4) is 0 Å². The summed E-state index contributed by atoms with van der Waals surface area (Å²) in [6, 6.07) is 0. The van der Waals surface area contributed by atoms with Crippen LogP contribution >= 0.6 is 0 Å². The summed E-state index contributed by atoms with van der Waals surface area (Å²) in [7, 11) is 0. The predicted octanol–water partition coefficient (Wildman–Crippen LogP) is 3.09. The van der Waals surface area contributed by atoms with Crippen molar-refractivity contribution in [3.63, 3.8) is 0 Å². The van der Waals surface area contributed by atoms with Gasteiger partial charge in [0.2, 0.25) is 0 Å². The highest BCUT2D eigenvalue weighted by Gasteiger charge is 2.48. The van der Waals surface area contributed by atoms with E-state index in [-0.39, 0.29) is 0 Å². The lowest BCUT2D eigenvalue weighted by Gasteiger charge is -2.31. The van der Waals surface area contributed by atoms with Crippen molar-refractivity contribution in [2.24, 2.45) is 29.6 Å². The summed E-state index contributed by atoms with van der Waals surface area (Å²) in [4.78, 5) is 11.1. The fourth-order valence-electron chi connectivity index (χ4n) is 3.62. The summed E-state index contributed by atoms with van der Waals surface area (Å²) in [6.45, 7) is 7.44. The minimum atomic E-state index is -0.508. The van der Waals surface area contributed by atoms with Crippen molar-refractivity contribution in [2.45, 2.75) is 33.6 Å². The van der Waals surface area contributed by atoms with Gasteiger partial charge >= 0.3 is 6.16 Å². The number of ether oxygens (including phenoxy) is 2. The Kier molecular flexibility index (Phi) is 3.41. The molecule has 0 aromatic carbocycles. The monoisotopic (exact) mass is 226 g/mol. The van der Waals surface area contributed by atoms with Crippen LogP contribution in [0.15, 0.2) is 0 Å². The van der Waals surface area contributed by atoms with E-state index in [0.29, 0.717) is 19.1 Å². The fourth-order valence-corrected chi connectivity index (χ4v) is 3.62. The Balaban J connectivity index is 1.79. The number of rotatable bonds is 3. The average molecular weight is 226 g/mol. The van der Waals surface area contributed by atoms with E-state index in [4.69, 9.17) is 9.47 Å². The minimum absolute atomic E-state index is 0.392. The Hall–Kier alpha value is -0.730. The molecule has 0 aromatic heterocycles. The molecule has 5 atom stereocenters. The Bertz CT molecular complexity index is 262. The fraction of sp³-hybridized carbons (Fsp3) is 0.923. The van der Waals surface area contributed by atoms with Crippen LogP contribution in [0.3, 0.4) is 0 Å². The lowest BCUT2D eigenvalue weighted by atomic mass is 9.76. The van der Waals surface area contributed by atoms with Crippen molar-refractivity contribution in [3.05, 3.63) is 0 Å². The Morgan fingerprint density at radius 3 is 2.50 bits per heavy atom. The summed E-state index contributed by atoms with van der Waals surface area (Å²) in [5, 5.41) is 0. The molecular formula is C13H22O3. The first-order valence-electron chi connectivity index (χ1n) is 6.43. The number of carbonyl (C=O) groups is 1. The molecule has 0 N–H and O–H groups in total. The predicted molar refractivity (Wildman–Crippen MR) is 61.0 cm³/mol. The minimum Gasteiger partial charge on any atom is -0.435 e. The Morgan fingerprint density at radius 1 is 1.19 bits per heavy atom. The summed E-state index contributed by atoms with van der Waals surface area (Å²) in [6.07, 6.45) is 2.06. The van der Waals surface area contributed by atoms with Crippen LogP contribution in [0, 0.1) is 29.6 Å². The summed E-state index contributed by atoms with van der Waals surface area (Å²) < 4.78 is 9.91. The standard InChI is InChI=1S/C13H22O3/c1-4-15-13(14)16-7-11-5-10-6-12(11)9(3)8(10)2/h8-12H,4-7H2,1-3H3. The third-order valence-corrected chi connectivity index (χ3v) is 4.71. The molecule has 0 radical (unpaired) electrons. The first-order valence-corrected chi connectivity index (χ1v) is 6.43. The molecule has 3 nitrogen and oxygen atoms in total. The topological polar surface area (TPSA) is 35.5 Å². The molecule has 2 aliphatic carbocycles. The third kappa shape index (κ3) is 2.04. The van der Waals surface area contributed by atoms with E-state index in [2.05, 4.69) is 13.8 Å². The molecule has 0 spiro atoms. The highest BCUT2D eigenvalue weighted by Crippen LogP contribution is 2.54. The van der Waals surface area contributed by atoms with Crippen molar-refractivity contribution >= 4 is 6.16 Å². The van der Waals surface area contributed by atoms with Gasteiger partial charge < -0.3 is 9.47 Å². The zero-order chi connectivity index (χ0) is 11.7. The Labute approximate surface area is 97.5 Å². The molecule has 2 bridgehead atoms. The van der Waals surface area contributed by atoms with Gasteiger partial charge in [-0.05, 0) is 49.4 Å². The van der Waals surface area contributed by atoms with Gasteiger partial charge in [-0.25, -0.2) is 4.79 Å².